The molecule has 37 heavy (non-hydrogen) atoms. The molecular formula is C32H48O4Si. The van der Waals surface area contributed by atoms with Gasteiger partial charge >= 0.3 is 0 Å². The van der Waals surface area contributed by atoms with Crippen molar-refractivity contribution in [3.8, 4) is 0 Å². The maximum absolute atomic E-state index is 7.65. The predicted molar refractivity (Wildman–Crippen MR) is 156 cm³/mol. The standard InChI is InChI=1S/C32H48O4Si/c1-9-16-29-25(4)21-26(35-29)22-30(31(24(2)3)34-23-33-8)36-37(32(5,6)7,27-17-12-10-13-18-27)28-19-14-11-15-20-28/h9-15,17-20,24-26,29-31H,1,16,21-23H2,2-8H3/t25-,26+,29-,30-,31-/m0/s1. The third-order valence-electron chi connectivity index (χ3n) is 7.68. The van der Waals surface area contributed by atoms with Gasteiger partial charge in [0, 0.05) is 13.5 Å². The van der Waals surface area contributed by atoms with Gasteiger partial charge in [0.25, 0.3) is 8.32 Å². The fraction of sp³-hybridized carbons (Fsp3) is 0.562. The highest BCUT2D eigenvalue weighted by Gasteiger charge is 2.53. The van der Waals surface area contributed by atoms with E-state index in [9.17, 15) is 0 Å². The Morgan fingerprint density at radius 2 is 1.59 bits per heavy atom. The molecule has 2 aromatic carbocycles. The van der Waals surface area contributed by atoms with E-state index < -0.39 is 8.32 Å². The maximum atomic E-state index is 7.65. The van der Waals surface area contributed by atoms with E-state index in [0.717, 1.165) is 19.3 Å². The fourth-order valence-corrected chi connectivity index (χ4v) is 10.6. The van der Waals surface area contributed by atoms with Crippen molar-refractivity contribution < 1.29 is 18.6 Å². The van der Waals surface area contributed by atoms with Crippen molar-refractivity contribution in [2.24, 2.45) is 11.8 Å². The number of methoxy groups -OCH3 is 1. The largest absolute Gasteiger partial charge is 0.402 e. The zero-order valence-corrected chi connectivity index (χ0v) is 25.0. The topological polar surface area (TPSA) is 36.9 Å². The molecule has 0 bridgehead atoms. The summed E-state index contributed by atoms with van der Waals surface area (Å²) in [6.45, 7) is 17.9. The van der Waals surface area contributed by atoms with Gasteiger partial charge in [0.1, 0.15) is 6.79 Å². The summed E-state index contributed by atoms with van der Waals surface area (Å²) in [6.07, 6.45) is 4.72. The summed E-state index contributed by atoms with van der Waals surface area (Å²) >= 11 is 0. The molecule has 0 aliphatic carbocycles. The normalized spacial score (nSPS) is 22.2. The van der Waals surface area contributed by atoms with Crippen LogP contribution in [-0.2, 0) is 18.6 Å². The van der Waals surface area contributed by atoms with Gasteiger partial charge in [0.2, 0.25) is 0 Å². The van der Waals surface area contributed by atoms with E-state index >= 15 is 0 Å². The van der Waals surface area contributed by atoms with Gasteiger partial charge in [-0.25, -0.2) is 0 Å². The van der Waals surface area contributed by atoms with Crippen LogP contribution in [0.4, 0.5) is 0 Å². The Bertz CT molecular complexity index is 901. The molecule has 4 nitrogen and oxygen atoms in total. The van der Waals surface area contributed by atoms with Crippen LogP contribution < -0.4 is 10.4 Å². The summed E-state index contributed by atoms with van der Waals surface area (Å²) in [7, 11) is -1.10. The summed E-state index contributed by atoms with van der Waals surface area (Å²) in [4.78, 5) is 0. The number of ether oxygens (including phenoxy) is 3. The molecule has 0 unspecified atom stereocenters. The first-order valence-corrected chi connectivity index (χ1v) is 15.7. The minimum atomic E-state index is -2.77. The van der Waals surface area contributed by atoms with E-state index in [-0.39, 0.29) is 42.2 Å². The van der Waals surface area contributed by atoms with Crippen LogP contribution >= 0.6 is 0 Å². The molecule has 5 heteroatoms. The quantitative estimate of drug-likeness (QED) is 0.174. The maximum Gasteiger partial charge on any atom is 0.261 e. The van der Waals surface area contributed by atoms with Gasteiger partial charge in [-0.3, -0.25) is 0 Å². The van der Waals surface area contributed by atoms with Gasteiger partial charge in [-0.05, 0) is 40.1 Å². The molecule has 1 fully saturated rings. The predicted octanol–water partition coefficient (Wildman–Crippen LogP) is 6.34. The van der Waals surface area contributed by atoms with Gasteiger partial charge in [-0.1, -0.05) is 108 Å². The van der Waals surface area contributed by atoms with Crippen molar-refractivity contribution in [3.05, 3.63) is 73.3 Å². The summed E-state index contributed by atoms with van der Waals surface area (Å²) in [5, 5.41) is 2.43. The molecule has 0 amide bonds. The lowest BCUT2D eigenvalue weighted by Gasteiger charge is -2.47. The number of hydrogen-bond acceptors (Lipinski definition) is 4. The van der Waals surface area contributed by atoms with Crippen LogP contribution in [0.25, 0.3) is 0 Å². The van der Waals surface area contributed by atoms with E-state index in [0.29, 0.717) is 5.92 Å². The van der Waals surface area contributed by atoms with E-state index in [1.807, 2.05) is 6.08 Å². The van der Waals surface area contributed by atoms with Crippen LogP contribution in [0, 0.1) is 11.8 Å². The number of hydrogen-bond donors (Lipinski definition) is 0. The van der Waals surface area contributed by atoms with E-state index in [1.54, 1.807) is 7.11 Å². The molecule has 1 aliphatic heterocycles. The Labute approximate surface area is 226 Å². The second-order valence-electron chi connectivity index (χ2n) is 11.9. The van der Waals surface area contributed by atoms with E-state index in [2.05, 4.69) is 109 Å². The zero-order valence-electron chi connectivity index (χ0n) is 24.0. The summed E-state index contributed by atoms with van der Waals surface area (Å²) in [5.41, 5.74) is 0. The van der Waals surface area contributed by atoms with Crippen LogP contribution in [0.1, 0.15) is 60.8 Å². The van der Waals surface area contributed by atoms with Gasteiger partial charge in [-0.15, -0.1) is 6.58 Å². The first kappa shape index (κ1) is 29.8. The molecule has 0 saturated carbocycles. The van der Waals surface area contributed by atoms with Crippen LogP contribution in [0.15, 0.2) is 73.3 Å². The Morgan fingerprint density at radius 1 is 1.03 bits per heavy atom. The Hall–Kier alpha value is -1.76. The number of rotatable bonds is 13. The molecule has 0 N–H and O–H groups in total. The minimum Gasteiger partial charge on any atom is -0.402 e. The molecule has 2 aromatic rings. The average Bonchev–Trinajstić information content (AvgIpc) is 3.21. The van der Waals surface area contributed by atoms with E-state index in [1.165, 1.54) is 10.4 Å². The van der Waals surface area contributed by atoms with Gasteiger partial charge in [0.05, 0.1) is 24.4 Å². The van der Waals surface area contributed by atoms with Crippen LogP contribution in [-0.4, -0.2) is 46.6 Å². The molecule has 1 heterocycles. The molecule has 1 saturated heterocycles. The Balaban J connectivity index is 2.10. The van der Waals surface area contributed by atoms with Crippen molar-refractivity contribution in [3.63, 3.8) is 0 Å². The summed E-state index contributed by atoms with van der Waals surface area (Å²) in [5.74, 6) is 0.745. The minimum absolute atomic E-state index is 0.119. The highest BCUT2D eigenvalue weighted by molar-refractivity contribution is 6.99. The van der Waals surface area contributed by atoms with Gasteiger partial charge < -0.3 is 18.6 Å². The van der Waals surface area contributed by atoms with Crippen LogP contribution in [0.2, 0.25) is 5.04 Å². The summed E-state index contributed by atoms with van der Waals surface area (Å²) in [6, 6.07) is 21.7. The monoisotopic (exact) mass is 524 g/mol. The highest BCUT2D eigenvalue weighted by atomic mass is 28.4. The first-order valence-electron chi connectivity index (χ1n) is 13.8. The molecular weight excluding hydrogens is 476 g/mol. The van der Waals surface area contributed by atoms with Crippen molar-refractivity contribution >= 4 is 18.7 Å². The smallest absolute Gasteiger partial charge is 0.261 e. The highest BCUT2D eigenvalue weighted by Crippen LogP contribution is 2.40. The lowest BCUT2D eigenvalue weighted by molar-refractivity contribution is -0.132. The van der Waals surface area contributed by atoms with Gasteiger partial charge in [-0.2, -0.15) is 0 Å². The fourth-order valence-electron chi connectivity index (χ4n) is 5.91. The molecule has 0 aromatic heterocycles. The molecule has 204 valence electrons. The number of benzene rings is 2. The van der Waals surface area contributed by atoms with Crippen molar-refractivity contribution in [2.45, 2.75) is 90.3 Å². The van der Waals surface area contributed by atoms with Crippen molar-refractivity contribution in [1.82, 2.24) is 0 Å². The SMILES string of the molecule is C=CC[C@@H]1O[C@@H](C[C@H](O[Si](c2ccccc2)(c2ccccc2)C(C)(C)C)[C@@H](OCOC)C(C)C)C[C@@H]1C. The van der Waals surface area contributed by atoms with Crippen molar-refractivity contribution in [2.75, 3.05) is 13.9 Å². The van der Waals surface area contributed by atoms with Gasteiger partial charge in [0.15, 0.2) is 0 Å². The molecule has 5 atom stereocenters. The van der Waals surface area contributed by atoms with Crippen LogP contribution in [0.5, 0.6) is 0 Å². The Morgan fingerprint density at radius 3 is 2.05 bits per heavy atom. The molecule has 0 radical (unpaired) electrons. The third-order valence-corrected chi connectivity index (χ3v) is 12.7. The lowest BCUT2D eigenvalue weighted by Crippen LogP contribution is -2.69. The van der Waals surface area contributed by atoms with Crippen LogP contribution in [0.3, 0.4) is 0 Å². The third kappa shape index (κ3) is 7.01. The first-order chi connectivity index (χ1) is 17.6. The second-order valence-corrected chi connectivity index (χ2v) is 16.1. The molecule has 0 spiro atoms. The zero-order chi connectivity index (χ0) is 27.1. The molecule has 1 aliphatic rings. The lowest BCUT2D eigenvalue weighted by atomic mass is 9.94. The van der Waals surface area contributed by atoms with Crippen molar-refractivity contribution in [1.29, 1.82) is 0 Å². The summed E-state index contributed by atoms with van der Waals surface area (Å²) < 4.78 is 25.9. The second kappa shape index (κ2) is 13.3. The Kier molecular flexibility index (Phi) is 10.7. The average molecular weight is 525 g/mol. The molecule has 3 rings (SSSR count). The van der Waals surface area contributed by atoms with E-state index in [4.69, 9.17) is 18.6 Å².